The Balaban J connectivity index is 0.000000480. The van der Waals surface area contributed by atoms with Crippen molar-refractivity contribution in [2.24, 2.45) is 0 Å². The third-order valence-electron chi connectivity index (χ3n) is 6.72. The summed E-state index contributed by atoms with van der Waals surface area (Å²) in [7, 11) is 0. The summed E-state index contributed by atoms with van der Waals surface area (Å²) in [4.78, 5) is 1.25. The minimum atomic E-state index is -0.509. The van der Waals surface area contributed by atoms with Gasteiger partial charge in [0.1, 0.15) is 5.75 Å². The molecule has 0 spiro atoms. The SMILES string of the molecule is C1CCC1.CC.Cc1c(Cc2cc3ccccc3s2)cc(C2CC(O)CC(CO)O2)c(C)c1O. The minimum Gasteiger partial charge on any atom is -0.507 e. The first-order valence-electron chi connectivity index (χ1n) is 12.7. The predicted octanol–water partition coefficient (Wildman–Crippen LogP) is 6.97. The highest BCUT2D eigenvalue weighted by Gasteiger charge is 2.31. The van der Waals surface area contributed by atoms with Crippen LogP contribution in [0.4, 0.5) is 0 Å². The van der Waals surface area contributed by atoms with Gasteiger partial charge in [-0.3, -0.25) is 0 Å². The third kappa shape index (κ3) is 6.39. The lowest BCUT2D eigenvalue weighted by atomic mass is 9.89. The molecule has 3 unspecified atom stereocenters. The molecule has 1 aromatic heterocycles. The van der Waals surface area contributed by atoms with Crippen LogP contribution in [-0.2, 0) is 11.2 Å². The van der Waals surface area contributed by atoms with Crippen molar-refractivity contribution in [3.05, 3.63) is 63.5 Å². The Labute approximate surface area is 208 Å². The average molecular weight is 485 g/mol. The van der Waals surface area contributed by atoms with Gasteiger partial charge in [-0.25, -0.2) is 0 Å². The number of phenols is 1. The molecule has 0 amide bonds. The second-order valence-corrected chi connectivity index (χ2v) is 10.3. The van der Waals surface area contributed by atoms with E-state index in [1.165, 1.54) is 40.6 Å². The van der Waals surface area contributed by atoms with Gasteiger partial charge in [0.05, 0.1) is 24.9 Å². The standard InChI is InChI=1S/C23H26O4S.C4H8.C2H6/c1-13-16(8-19-7-15-5-3-4-6-22(15)28-19)9-20(14(2)23(13)26)21-11-17(25)10-18(12-24)27-21;1-2-4-3-1;1-2/h3-7,9,17-18,21,24-26H,8,10-12H2,1-2H3;1-4H2;1-2H3. The second-order valence-electron chi connectivity index (χ2n) is 9.12. The van der Waals surface area contributed by atoms with Gasteiger partial charge in [0.25, 0.3) is 0 Å². The third-order valence-corrected chi connectivity index (χ3v) is 7.84. The molecule has 5 rings (SSSR count). The summed E-state index contributed by atoms with van der Waals surface area (Å²) in [6, 6.07) is 12.6. The van der Waals surface area contributed by atoms with Crippen LogP contribution in [-0.4, -0.2) is 34.1 Å². The molecule has 186 valence electrons. The Morgan fingerprint density at radius 1 is 0.971 bits per heavy atom. The molecule has 1 aliphatic heterocycles. The van der Waals surface area contributed by atoms with Gasteiger partial charge in [-0.2, -0.15) is 0 Å². The van der Waals surface area contributed by atoms with Gasteiger partial charge in [-0.1, -0.05) is 63.8 Å². The Morgan fingerprint density at radius 2 is 1.65 bits per heavy atom. The molecule has 3 aromatic rings. The van der Waals surface area contributed by atoms with Gasteiger partial charge in [-0.05, 0) is 53.6 Å². The first-order valence-corrected chi connectivity index (χ1v) is 13.5. The maximum absolute atomic E-state index is 10.7. The molecule has 5 heteroatoms. The Bertz CT molecular complexity index is 1020. The van der Waals surface area contributed by atoms with E-state index in [1.54, 1.807) is 11.3 Å². The van der Waals surface area contributed by atoms with Crippen LogP contribution < -0.4 is 0 Å². The molecule has 2 fully saturated rings. The zero-order valence-electron chi connectivity index (χ0n) is 21.0. The van der Waals surface area contributed by atoms with E-state index >= 15 is 0 Å². The smallest absolute Gasteiger partial charge is 0.122 e. The van der Waals surface area contributed by atoms with Gasteiger partial charge in [0.2, 0.25) is 0 Å². The summed E-state index contributed by atoms with van der Waals surface area (Å²) < 4.78 is 7.26. The molecule has 3 atom stereocenters. The maximum atomic E-state index is 10.7. The molecule has 2 heterocycles. The van der Waals surface area contributed by atoms with Crippen LogP contribution in [0.1, 0.15) is 85.6 Å². The number of hydrogen-bond acceptors (Lipinski definition) is 5. The quantitative estimate of drug-likeness (QED) is 0.374. The number of thiophene rings is 1. The molecule has 34 heavy (non-hydrogen) atoms. The number of aromatic hydroxyl groups is 1. The van der Waals surface area contributed by atoms with Crippen molar-refractivity contribution in [1.29, 1.82) is 0 Å². The number of fused-ring (bicyclic) bond motifs is 1. The van der Waals surface area contributed by atoms with Gasteiger partial charge in [0, 0.05) is 28.8 Å². The summed E-state index contributed by atoms with van der Waals surface area (Å²) in [6.07, 6.45) is 6.45. The van der Waals surface area contributed by atoms with Crippen LogP contribution in [0.3, 0.4) is 0 Å². The highest BCUT2D eigenvalue weighted by atomic mass is 32.1. The largest absolute Gasteiger partial charge is 0.507 e. The van der Waals surface area contributed by atoms with E-state index in [0.29, 0.717) is 12.8 Å². The van der Waals surface area contributed by atoms with Crippen LogP contribution in [0.5, 0.6) is 5.75 Å². The lowest BCUT2D eigenvalue weighted by Gasteiger charge is -2.33. The lowest BCUT2D eigenvalue weighted by Crippen LogP contribution is -2.33. The molecule has 1 saturated carbocycles. The van der Waals surface area contributed by atoms with Crippen LogP contribution in [0.25, 0.3) is 10.1 Å². The van der Waals surface area contributed by atoms with Crippen molar-refractivity contribution in [2.45, 2.75) is 91.0 Å². The van der Waals surface area contributed by atoms with Crippen molar-refractivity contribution in [1.82, 2.24) is 0 Å². The molecule has 0 radical (unpaired) electrons. The van der Waals surface area contributed by atoms with Gasteiger partial charge >= 0.3 is 0 Å². The Hall–Kier alpha value is -1.92. The summed E-state index contributed by atoms with van der Waals surface area (Å²) in [6.45, 7) is 7.72. The average Bonchev–Trinajstić information content (AvgIpc) is 3.21. The summed E-state index contributed by atoms with van der Waals surface area (Å²) >= 11 is 1.77. The van der Waals surface area contributed by atoms with Crippen molar-refractivity contribution in [3.63, 3.8) is 0 Å². The van der Waals surface area contributed by atoms with E-state index in [1.807, 2.05) is 39.8 Å². The van der Waals surface area contributed by atoms with Gasteiger partial charge < -0.3 is 20.1 Å². The molecule has 0 bridgehead atoms. The molecule has 2 aromatic carbocycles. The fourth-order valence-corrected chi connectivity index (χ4v) is 5.45. The molecule has 4 nitrogen and oxygen atoms in total. The lowest BCUT2D eigenvalue weighted by molar-refractivity contribution is -0.114. The number of aliphatic hydroxyl groups is 2. The van der Waals surface area contributed by atoms with Crippen molar-refractivity contribution in [2.75, 3.05) is 6.61 Å². The molecule has 2 aliphatic rings. The zero-order chi connectivity index (χ0) is 24.7. The molecular formula is C29H40O4S. The minimum absolute atomic E-state index is 0.112. The van der Waals surface area contributed by atoms with Gasteiger partial charge in [-0.15, -0.1) is 11.3 Å². The number of aliphatic hydroxyl groups excluding tert-OH is 2. The fraction of sp³-hybridized carbons (Fsp3) is 0.517. The number of benzene rings is 2. The summed E-state index contributed by atoms with van der Waals surface area (Å²) in [5.41, 5.74) is 3.63. The summed E-state index contributed by atoms with van der Waals surface area (Å²) in [5, 5.41) is 31.6. The molecule has 1 aliphatic carbocycles. The van der Waals surface area contributed by atoms with E-state index in [4.69, 9.17) is 4.74 Å². The molecular weight excluding hydrogens is 444 g/mol. The van der Waals surface area contributed by atoms with E-state index in [0.717, 1.165) is 28.7 Å². The van der Waals surface area contributed by atoms with E-state index < -0.39 is 6.10 Å². The first kappa shape index (κ1) is 26.7. The Kier molecular flexibility index (Phi) is 9.96. The highest BCUT2D eigenvalue weighted by molar-refractivity contribution is 7.19. The fourth-order valence-electron chi connectivity index (χ4n) is 4.36. The van der Waals surface area contributed by atoms with Crippen LogP contribution >= 0.6 is 11.3 Å². The topological polar surface area (TPSA) is 69.9 Å². The predicted molar refractivity (Wildman–Crippen MR) is 142 cm³/mol. The van der Waals surface area contributed by atoms with Crippen molar-refractivity contribution >= 4 is 21.4 Å². The monoisotopic (exact) mass is 484 g/mol. The van der Waals surface area contributed by atoms with Crippen LogP contribution in [0.2, 0.25) is 0 Å². The number of hydrogen-bond donors (Lipinski definition) is 3. The number of rotatable bonds is 4. The van der Waals surface area contributed by atoms with Gasteiger partial charge in [0.15, 0.2) is 0 Å². The zero-order valence-corrected chi connectivity index (χ0v) is 21.8. The van der Waals surface area contributed by atoms with E-state index in [2.05, 4.69) is 24.3 Å². The number of phenolic OH excluding ortho intramolecular Hbond substituents is 1. The van der Waals surface area contributed by atoms with E-state index in [-0.39, 0.29) is 24.6 Å². The molecule has 3 N–H and O–H groups in total. The Morgan fingerprint density at radius 3 is 2.26 bits per heavy atom. The number of ether oxygens (including phenoxy) is 1. The van der Waals surface area contributed by atoms with E-state index in [9.17, 15) is 15.3 Å². The van der Waals surface area contributed by atoms with Crippen molar-refractivity contribution in [3.8, 4) is 5.75 Å². The first-order chi connectivity index (χ1) is 16.5. The summed E-state index contributed by atoms with van der Waals surface area (Å²) in [5.74, 6) is 0.290. The maximum Gasteiger partial charge on any atom is 0.122 e. The van der Waals surface area contributed by atoms with Crippen molar-refractivity contribution < 1.29 is 20.1 Å². The van der Waals surface area contributed by atoms with Crippen LogP contribution in [0, 0.1) is 13.8 Å². The van der Waals surface area contributed by atoms with Crippen LogP contribution in [0.15, 0.2) is 36.4 Å². The molecule has 1 saturated heterocycles. The normalized spacial score (nSPS) is 21.6. The second kappa shape index (κ2) is 12.7. The highest BCUT2D eigenvalue weighted by Crippen LogP contribution is 2.39.